The summed E-state index contributed by atoms with van der Waals surface area (Å²) in [6.07, 6.45) is -0.477. The number of nitrogens with zero attached hydrogens (tertiary/aromatic N) is 1. The highest BCUT2D eigenvalue weighted by Gasteiger charge is 2.14. The van der Waals surface area contributed by atoms with E-state index in [4.69, 9.17) is 9.47 Å². The zero-order valence-corrected chi connectivity index (χ0v) is 12.6. The fourth-order valence-corrected chi connectivity index (χ4v) is 2.02. The Kier molecular flexibility index (Phi) is 5.36. The highest BCUT2D eigenvalue weighted by atomic mass is 19.1. The molecule has 5 heteroatoms. The molecule has 0 unspecified atom stereocenters. The first-order valence-corrected chi connectivity index (χ1v) is 6.84. The zero-order valence-electron chi connectivity index (χ0n) is 12.6. The molecule has 0 heterocycles. The summed E-state index contributed by atoms with van der Waals surface area (Å²) in [5.41, 5.74) is 1.49. The van der Waals surface area contributed by atoms with E-state index in [1.807, 2.05) is 30.3 Å². The topological polar surface area (TPSA) is 38.8 Å². The largest absolute Gasteiger partial charge is 0.496 e. The van der Waals surface area contributed by atoms with Crippen molar-refractivity contribution in [1.29, 1.82) is 0 Å². The summed E-state index contributed by atoms with van der Waals surface area (Å²) < 4.78 is 23.7. The van der Waals surface area contributed by atoms with Crippen molar-refractivity contribution in [1.82, 2.24) is 4.90 Å². The Morgan fingerprint density at radius 2 is 1.91 bits per heavy atom. The van der Waals surface area contributed by atoms with E-state index >= 15 is 0 Å². The number of hydrogen-bond acceptors (Lipinski definition) is 3. The molecule has 0 spiro atoms. The van der Waals surface area contributed by atoms with Crippen LogP contribution in [0.25, 0.3) is 0 Å². The lowest BCUT2D eigenvalue weighted by Crippen LogP contribution is -2.27. The lowest BCUT2D eigenvalue weighted by Gasteiger charge is -2.18. The maximum absolute atomic E-state index is 13.3. The zero-order chi connectivity index (χ0) is 15.9. The molecule has 0 aromatic heterocycles. The van der Waals surface area contributed by atoms with Crippen molar-refractivity contribution in [2.24, 2.45) is 0 Å². The lowest BCUT2D eigenvalue weighted by molar-refractivity contribution is 0.102. The van der Waals surface area contributed by atoms with Gasteiger partial charge < -0.3 is 14.4 Å². The highest BCUT2D eigenvalue weighted by Crippen LogP contribution is 2.21. The Balaban J connectivity index is 1.95. The third-order valence-corrected chi connectivity index (χ3v) is 3.17. The first kappa shape index (κ1) is 15.8. The van der Waals surface area contributed by atoms with Gasteiger partial charge in [-0.2, -0.15) is 0 Å². The van der Waals surface area contributed by atoms with Gasteiger partial charge in [0.05, 0.1) is 13.7 Å². The summed E-state index contributed by atoms with van der Waals surface area (Å²) in [6.45, 7) is 0.402. The number of ether oxygens (including phenoxy) is 2. The van der Waals surface area contributed by atoms with E-state index in [0.29, 0.717) is 11.3 Å². The van der Waals surface area contributed by atoms with Crippen molar-refractivity contribution < 1.29 is 18.7 Å². The molecule has 0 bridgehead atoms. The van der Waals surface area contributed by atoms with Gasteiger partial charge in [-0.3, -0.25) is 0 Å². The molecule has 2 aromatic carbocycles. The minimum absolute atomic E-state index is 0.199. The van der Waals surface area contributed by atoms with Crippen LogP contribution < -0.4 is 4.74 Å². The molecule has 0 saturated heterocycles. The van der Waals surface area contributed by atoms with Gasteiger partial charge in [0.1, 0.15) is 18.2 Å². The molecule has 0 saturated carbocycles. The second-order valence-corrected chi connectivity index (χ2v) is 4.85. The first-order valence-electron chi connectivity index (χ1n) is 6.84. The molecule has 2 rings (SSSR count). The van der Waals surface area contributed by atoms with Crippen LogP contribution >= 0.6 is 0 Å². The van der Waals surface area contributed by atoms with E-state index in [9.17, 15) is 9.18 Å². The smallest absolute Gasteiger partial charge is 0.410 e. The molecule has 116 valence electrons. The molecule has 0 fully saturated rings. The van der Waals surface area contributed by atoms with Crippen LogP contribution in [0.15, 0.2) is 48.5 Å². The van der Waals surface area contributed by atoms with Crippen molar-refractivity contribution in [3.05, 3.63) is 65.5 Å². The molecule has 0 radical (unpaired) electrons. The minimum Gasteiger partial charge on any atom is -0.496 e. The van der Waals surface area contributed by atoms with Crippen molar-refractivity contribution in [3.63, 3.8) is 0 Å². The fraction of sp³-hybridized carbons (Fsp3) is 0.235. The first-order chi connectivity index (χ1) is 10.6. The Bertz CT molecular complexity index is 631. The molecule has 4 nitrogen and oxygen atoms in total. The van der Waals surface area contributed by atoms with Crippen LogP contribution in [0, 0.1) is 5.82 Å². The Labute approximate surface area is 129 Å². The van der Waals surface area contributed by atoms with Gasteiger partial charge in [-0.15, -0.1) is 0 Å². The summed E-state index contributed by atoms with van der Waals surface area (Å²) in [6, 6.07) is 13.6. The van der Waals surface area contributed by atoms with E-state index in [0.717, 1.165) is 5.56 Å². The number of benzene rings is 2. The number of carbonyl (C=O) groups is 1. The summed E-state index contributed by atoms with van der Waals surface area (Å²) in [5.74, 6) is 0.158. The van der Waals surface area contributed by atoms with E-state index < -0.39 is 6.09 Å². The van der Waals surface area contributed by atoms with Gasteiger partial charge in [0.15, 0.2) is 0 Å². The maximum Gasteiger partial charge on any atom is 0.410 e. The van der Waals surface area contributed by atoms with Crippen molar-refractivity contribution in [2.75, 3.05) is 14.2 Å². The lowest BCUT2D eigenvalue weighted by atomic mass is 10.2. The van der Waals surface area contributed by atoms with Crippen LogP contribution in [-0.4, -0.2) is 25.2 Å². The van der Waals surface area contributed by atoms with E-state index in [1.54, 1.807) is 7.05 Å². The van der Waals surface area contributed by atoms with Gasteiger partial charge in [0, 0.05) is 12.6 Å². The van der Waals surface area contributed by atoms with Gasteiger partial charge in [-0.1, -0.05) is 30.3 Å². The van der Waals surface area contributed by atoms with E-state index in [1.165, 1.54) is 30.2 Å². The van der Waals surface area contributed by atoms with Crippen molar-refractivity contribution in [2.45, 2.75) is 13.2 Å². The molecular formula is C17H18FNO3. The van der Waals surface area contributed by atoms with Crippen LogP contribution in [0.2, 0.25) is 0 Å². The monoisotopic (exact) mass is 303 g/mol. The van der Waals surface area contributed by atoms with Crippen LogP contribution in [0.5, 0.6) is 5.75 Å². The van der Waals surface area contributed by atoms with E-state index in [-0.39, 0.29) is 19.0 Å². The fourth-order valence-electron chi connectivity index (χ4n) is 2.02. The molecule has 22 heavy (non-hydrogen) atoms. The van der Waals surface area contributed by atoms with Crippen molar-refractivity contribution in [3.8, 4) is 5.75 Å². The maximum atomic E-state index is 13.3. The minimum atomic E-state index is -0.477. The van der Waals surface area contributed by atoms with E-state index in [2.05, 4.69) is 0 Å². The van der Waals surface area contributed by atoms with Crippen LogP contribution in [0.3, 0.4) is 0 Å². The summed E-state index contributed by atoms with van der Waals surface area (Å²) in [7, 11) is 3.10. The van der Waals surface area contributed by atoms with Gasteiger partial charge >= 0.3 is 6.09 Å². The predicted molar refractivity (Wildman–Crippen MR) is 81.0 cm³/mol. The molecule has 0 aliphatic heterocycles. The Morgan fingerprint density at radius 3 is 2.59 bits per heavy atom. The summed E-state index contributed by atoms with van der Waals surface area (Å²) in [4.78, 5) is 13.3. The molecule has 0 aliphatic rings. The normalized spacial score (nSPS) is 10.1. The molecule has 0 N–H and O–H groups in total. The second kappa shape index (κ2) is 7.45. The molecule has 0 aliphatic carbocycles. The quantitative estimate of drug-likeness (QED) is 0.847. The van der Waals surface area contributed by atoms with Gasteiger partial charge in [-0.25, -0.2) is 9.18 Å². The SMILES string of the molecule is COc1ccc(F)cc1CN(C)C(=O)OCc1ccccc1. The number of methoxy groups -OCH3 is 1. The molecule has 2 aromatic rings. The summed E-state index contributed by atoms with van der Waals surface area (Å²) in [5, 5.41) is 0. The number of hydrogen-bond donors (Lipinski definition) is 0. The van der Waals surface area contributed by atoms with Gasteiger partial charge in [-0.05, 0) is 23.8 Å². The second-order valence-electron chi connectivity index (χ2n) is 4.85. The van der Waals surface area contributed by atoms with Gasteiger partial charge in [0.25, 0.3) is 0 Å². The highest BCUT2D eigenvalue weighted by molar-refractivity contribution is 5.67. The third-order valence-electron chi connectivity index (χ3n) is 3.17. The predicted octanol–water partition coefficient (Wildman–Crippen LogP) is 3.60. The van der Waals surface area contributed by atoms with Crippen LogP contribution in [0.1, 0.15) is 11.1 Å². The number of rotatable bonds is 5. The number of carbonyl (C=O) groups excluding carboxylic acids is 1. The summed E-state index contributed by atoms with van der Waals surface area (Å²) >= 11 is 0. The Morgan fingerprint density at radius 1 is 1.18 bits per heavy atom. The molecular weight excluding hydrogens is 285 g/mol. The standard InChI is InChI=1S/C17H18FNO3/c1-19(11-14-10-15(18)8-9-16(14)21-2)17(20)22-12-13-6-4-3-5-7-13/h3-10H,11-12H2,1-2H3. The molecule has 0 atom stereocenters. The van der Waals surface area contributed by atoms with Crippen molar-refractivity contribution >= 4 is 6.09 Å². The average molecular weight is 303 g/mol. The van der Waals surface area contributed by atoms with Gasteiger partial charge in [0.2, 0.25) is 0 Å². The van der Waals surface area contributed by atoms with Crippen LogP contribution in [0.4, 0.5) is 9.18 Å². The third kappa shape index (κ3) is 4.22. The average Bonchev–Trinajstić information content (AvgIpc) is 2.53. The Hall–Kier alpha value is -2.56. The number of halogens is 1. The molecule has 1 amide bonds. The number of amides is 1. The van der Waals surface area contributed by atoms with Crippen LogP contribution in [-0.2, 0) is 17.9 Å².